The number of nitrogens with zero attached hydrogens (tertiary/aromatic N) is 1. The average Bonchev–Trinajstić information content (AvgIpc) is 2.39. The van der Waals surface area contributed by atoms with E-state index in [0.29, 0.717) is 0 Å². The van der Waals surface area contributed by atoms with E-state index in [1.807, 2.05) is 0 Å². The molecule has 2 aliphatic heterocycles. The molecule has 2 heteroatoms. The smallest absolute Gasteiger partial charge is 0.0419 e. The fourth-order valence-corrected chi connectivity index (χ4v) is 2.92. The van der Waals surface area contributed by atoms with Crippen molar-refractivity contribution < 1.29 is 0 Å². The number of hydrogen-bond acceptors (Lipinski definition) is 2. The second-order valence-corrected chi connectivity index (χ2v) is 4.88. The third kappa shape index (κ3) is 1.77. The summed E-state index contributed by atoms with van der Waals surface area (Å²) in [6, 6.07) is 6.72. The number of fused-ring (bicyclic) bond motifs is 1. The van der Waals surface area contributed by atoms with Gasteiger partial charge in [-0.05, 0) is 49.8 Å². The summed E-state index contributed by atoms with van der Waals surface area (Å²) in [5.41, 5.74) is 4.41. The van der Waals surface area contributed by atoms with Gasteiger partial charge < -0.3 is 10.2 Å². The number of hydrogen-bond donors (Lipinski definition) is 1. The van der Waals surface area contributed by atoms with Gasteiger partial charge in [0.25, 0.3) is 0 Å². The third-order valence-corrected chi connectivity index (χ3v) is 3.77. The molecule has 0 radical (unpaired) electrons. The maximum absolute atomic E-state index is 3.52. The van der Waals surface area contributed by atoms with E-state index < -0.39 is 0 Å². The predicted molar refractivity (Wildman–Crippen MR) is 69.3 cm³/mol. The average molecular weight is 216 g/mol. The predicted octanol–water partition coefficient (Wildman–Crippen LogP) is 3.04. The van der Waals surface area contributed by atoms with Gasteiger partial charge in [0, 0.05) is 31.0 Å². The normalized spacial score (nSPS) is 20.1. The summed E-state index contributed by atoms with van der Waals surface area (Å²) in [6.45, 7) is 3.63. The molecule has 0 amide bonds. The van der Waals surface area contributed by atoms with Crippen LogP contribution in [0.25, 0.3) is 0 Å². The molecule has 2 nitrogen and oxygen atoms in total. The SMILES string of the molecule is c1cc2c(c(N3CCCCC3)c1)CCCN2. The first-order valence-corrected chi connectivity index (χ1v) is 6.56. The molecule has 0 spiro atoms. The van der Waals surface area contributed by atoms with Crippen molar-refractivity contribution in [3.8, 4) is 0 Å². The van der Waals surface area contributed by atoms with Gasteiger partial charge in [-0.3, -0.25) is 0 Å². The Morgan fingerprint density at radius 2 is 1.88 bits per heavy atom. The molecule has 1 N–H and O–H groups in total. The fourth-order valence-electron chi connectivity index (χ4n) is 2.92. The van der Waals surface area contributed by atoms with Crippen molar-refractivity contribution in [1.29, 1.82) is 0 Å². The summed E-state index contributed by atoms with van der Waals surface area (Å²) in [5, 5.41) is 3.52. The standard InChI is InChI=1S/C14H20N2/c1-2-10-16(11-3-1)14-8-4-7-13-12(14)6-5-9-15-13/h4,7-8,15H,1-3,5-6,9-11H2. The Labute approximate surface area is 97.6 Å². The summed E-state index contributed by atoms with van der Waals surface area (Å²) in [6.07, 6.45) is 6.64. The summed E-state index contributed by atoms with van der Waals surface area (Å²) in [7, 11) is 0. The minimum atomic E-state index is 1.14. The van der Waals surface area contributed by atoms with Gasteiger partial charge >= 0.3 is 0 Å². The number of anilines is 2. The Kier molecular flexibility index (Phi) is 2.73. The van der Waals surface area contributed by atoms with Crippen molar-refractivity contribution in [2.75, 3.05) is 29.9 Å². The molecule has 2 aliphatic rings. The molecule has 1 saturated heterocycles. The zero-order chi connectivity index (χ0) is 10.8. The molecular formula is C14H20N2. The van der Waals surface area contributed by atoms with Crippen LogP contribution in [0.2, 0.25) is 0 Å². The Morgan fingerprint density at radius 1 is 1.00 bits per heavy atom. The molecule has 0 unspecified atom stereocenters. The van der Waals surface area contributed by atoms with Gasteiger partial charge in [-0.1, -0.05) is 6.07 Å². The van der Waals surface area contributed by atoms with E-state index >= 15 is 0 Å². The molecule has 3 rings (SSSR count). The largest absolute Gasteiger partial charge is 0.385 e. The molecule has 2 heterocycles. The van der Waals surface area contributed by atoms with E-state index in [-0.39, 0.29) is 0 Å². The lowest BCUT2D eigenvalue weighted by Crippen LogP contribution is -2.31. The van der Waals surface area contributed by atoms with Crippen molar-refractivity contribution in [1.82, 2.24) is 0 Å². The van der Waals surface area contributed by atoms with Crippen LogP contribution in [0, 0.1) is 0 Å². The van der Waals surface area contributed by atoms with Crippen LogP contribution in [-0.2, 0) is 6.42 Å². The van der Waals surface area contributed by atoms with E-state index in [1.165, 1.54) is 56.6 Å². The van der Waals surface area contributed by atoms with Crippen molar-refractivity contribution in [3.05, 3.63) is 23.8 Å². The van der Waals surface area contributed by atoms with Crippen LogP contribution in [-0.4, -0.2) is 19.6 Å². The number of piperidine rings is 1. The molecule has 16 heavy (non-hydrogen) atoms. The van der Waals surface area contributed by atoms with Crippen LogP contribution in [0.15, 0.2) is 18.2 Å². The summed E-state index contributed by atoms with van der Waals surface area (Å²) < 4.78 is 0. The quantitative estimate of drug-likeness (QED) is 0.776. The van der Waals surface area contributed by atoms with Crippen molar-refractivity contribution in [2.24, 2.45) is 0 Å². The molecule has 0 aliphatic carbocycles. The first-order chi connectivity index (χ1) is 7.95. The van der Waals surface area contributed by atoms with Crippen LogP contribution in [0.5, 0.6) is 0 Å². The van der Waals surface area contributed by atoms with Gasteiger partial charge in [0.2, 0.25) is 0 Å². The maximum atomic E-state index is 3.52. The fraction of sp³-hybridized carbons (Fsp3) is 0.571. The lowest BCUT2D eigenvalue weighted by Gasteiger charge is -2.32. The Balaban J connectivity index is 1.93. The lowest BCUT2D eigenvalue weighted by atomic mass is 9.99. The minimum absolute atomic E-state index is 1.14. The van der Waals surface area contributed by atoms with Gasteiger partial charge in [-0.2, -0.15) is 0 Å². The summed E-state index contributed by atoms with van der Waals surface area (Å²) in [4.78, 5) is 2.58. The van der Waals surface area contributed by atoms with E-state index in [4.69, 9.17) is 0 Å². The number of benzene rings is 1. The van der Waals surface area contributed by atoms with Gasteiger partial charge in [0.1, 0.15) is 0 Å². The van der Waals surface area contributed by atoms with E-state index in [2.05, 4.69) is 28.4 Å². The molecule has 0 bridgehead atoms. The van der Waals surface area contributed by atoms with Gasteiger partial charge in [0.05, 0.1) is 0 Å². The highest BCUT2D eigenvalue weighted by Gasteiger charge is 2.18. The summed E-state index contributed by atoms with van der Waals surface area (Å²) >= 11 is 0. The molecule has 0 atom stereocenters. The first kappa shape index (κ1) is 10.0. The van der Waals surface area contributed by atoms with Gasteiger partial charge in [-0.25, -0.2) is 0 Å². The maximum Gasteiger partial charge on any atom is 0.0419 e. The molecule has 1 fully saturated rings. The van der Waals surface area contributed by atoms with Crippen LogP contribution in [0.3, 0.4) is 0 Å². The molecular weight excluding hydrogens is 196 g/mol. The molecule has 1 aromatic rings. The van der Waals surface area contributed by atoms with Crippen LogP contribution >= 0.6 is 0 Å². The highest BCUT2D eigenvalue weighted by Crippen LogP contribution is 2.32. The van der Waals surface area contributed by atoms with E-state index in [0.717, 1.165) is 6.54 Å². The molecule has 0 saturated carbocycles. The van der Waals surface area contributed by atoms with Crippen LogP contribution < -0.4 is 10.2 Å². The van der Waals surface area contributed by atoms with Crippen LogP contribution in [0.4, 0.5) is 11.4 Å². The molecule has 0 aromatic heterocycles. The second kappa shape index (κ2) is 4.36. The number of nitrogens with one attached hydrogen (secondary N) is 1. The van der Waals surface area contributed by atoms with E-state index in [9.17, 15) is 0 Å². The zero-order valence-electron chi connectivity index (χ0n) is 9.84. The van der Waals surface area contributed by atoms with Crippen LogP contribution in [0.1, 0.15) is 31.2 Å². The van der Waals surface area contributed by atoms with Gasteiger partial charge in [-0.15, -0.1) is 0 Å². The second-order valence-electron chi connectivity index (χ2n) is 4.88. The highest BCUT2D eigenvalue weighted by molar-refractivity contribution is 5.68. The first-order valence-electron chi connectivity index (χ1n) is 6.56. The van der Waals surface area contributed by atoms with Crippen molar-refractivity contribution in [2.45, 2.75) is 32.1 Å². The van der Waals surface area contributed by atoms with E-state index in [1.54, 1.807) is 5.56 Å². The zero-order valence-corrected chi connectivity index (χ0v) is 9.84. The highest BCUT2D eigenvalue weighted by atomic mass is 15.1. The lowest BCUT2D eigenvalue weighted by molar-refractivity contribution is 0.575. The minimum Gasteiger partial charge on any atom is -0.385 e. The Hall–Kier alpha value is -1.18. The molecule has 86 valence electrons. The van der Waals surface area contributed by atoms with Crippen molar-refractivity contribution in [3.63, 3.8) is 0 Å². The monoisotopic (exact) mass is 216 g/mol. The molecule has 1 aromatic carbocycles. The summed E-state index contributed by atoms with van der Waals surface area (Å²) in [5.74, 6) is 0. The number of rotatable bonds is 1. The third-order valence-electron chi connectivity index (χ3n) is 3.77. The van der Waals surface area contributed by atoms with Crippen molar-refractivity contribution >= 4 is 11.4 Å². The Bertz CT molecular complexity index is 367. The van der Waals surface area contributed by atoms with Gasteiger partial charge in [0.15, 0.2) is 0 Å². The Morgan fingerprint density at radius 3 is 2.75 bits per heavy atom. The topological polar surface area (TPSA) is 15.3 Å².